The molecule has 0 rings (SSSR count). The van der Waals surface area contributed by atoms with E-state index in [-0.39, 0.29) is 0 Å². The molecule has 0 aliphatic rings. The van der Waals surface area contributed by atoms with Crippen molar-refractivity contribution in [3.05, 3.63) is 12.2 Å². The minimum Gasteiger partial charge on any atom is -0.377 e. The lowest BCUT2D eigenvalue weighted by atomic mass is 10.1. The van der Waals surface area contributed by atoms with Gasteiger partial charge >= 0.3 is 0 Å². The van der Waals surface area contributed by atoms with Crippen LogP contribution < -0.4 is 0 Å². The van der Waals surface area contributed by atoms with Gasteiger partial charge in [-0.2, -0.15) is 0 Å². The standard InChI is InChI=1S/C9H18O3/c1-8(2)7-11-6-5-9(3,4)12-10/h10H,1,5-7H2,2-4H3. The van der Waals surface area contributed by atoms with Crippen molar-refractivity contribution in [2.24, 2.45) is 0 Å². The summed E-state index contributed by atoms with van der Waals surface area (Å²) in [5.74, 6) is 0. The van der Waals surface area contributed by atoms with Crippen molar-refractivity contribution >= 4 is 0 Å². The molecule has 0 aliphatic heterocycles. The van der Waals surface area contributed by atoms with E-state index in [1.54, 1.807) is 13.8 Å². The van der Waals surface area contributed by atoms with Gasteiger partial charge in [0.25, 0.3) is 0 Å². The maximum Gasteiger partial charge on any atom is 0.0999 e. The van der Waals surface area contributed by atoms with Crippen LogP contribution in [0.1, 0.15) is 27.2 Å². The molecule has 0 radical (unpaired) electrons. The van der Waals surface area contributed by atoms with Crippen molar-refractivity contribution in [2.45, 2.75) is 32.8 Å². The topological polar surface area (TPSA) is 38.7 Å². The zero-order valence-corrected chi connectivity index (χ0v) is 8.09. The fraction of sp³-hybridized carbons (Fsp3) is 0.778. The Bertz CT molecular complexity index is 141. The maximum absolute atomic E-state index is 8.43. The predicted molar refractivity (Wildman–Crippen MR) is 48.0 cm³/mol. The maximum atomic E-state index is 8.43. The Morgan fingerprint density at radius 2 is 2.08 bits per heavy atom. The first-order chi connectivity index (χ1) is 5.48. The molecule has 0 bridgehead atoms. The highest BCUT2D eigenvalue weighted by Crippen LogP contribution is 2.12. The van der Waals surface area contributed by atoms with Crippen LogP contribution in [0.25, 0.3) is 0 Å². The molecule has 0 amide bonds. The largest absolute Gasteiger partial charge is 0.377 e. The normalized spacial score (nSPS) is 11.7. The lowest BCUT2D eigenvalue weighted by Crippen LogP contribution is -2.24. The van der Waals surface area contributed by atoms with Gasteiger partial charge in [0.2, 0.25) is 0 Å². The summed E-state index contributed by atoms with van der Waals surface area (Å²) in [5, 5.41) is 8.43. The number of hydrogen-bond acceptors (Lipinski definition) is 3. The first-order valence-corrected chi connectivity index (χ1v) is 4.02. The second-order valence-electron chi connectivity index (χ2n) is 3.61. The zero-order chi connectivity index (χ0) is 9.61. The van der Waals surface area contributed by atoms with E-state index < -0.39 is 5.60 Å². The Balaban J connectivity index is 3.37. The summed E-state index contributed by atoms with van der Waals surface area (Å²) in [6.45, 7) is 10.4. The summed E-state index contributed by atoms with van der Waals surface area (Å²) < 4.78 is 5.24. The van der Waals surface area contributed by atoms with Crippen molar-refractivity contribution in [1.29, 1.82) is 0 Å². The fourth-order valence-electron chi connectivity index (χ4n) is 0.610. The lowest BCUT2D eigenvalue weighted by molar-refractivity contribution is -0.315. The van der Waals surface area contributed by atoms with Crippen LogP contribution in [-0.4, -0.2) is 24.1 Å². The van der Waals surface area contributed by atoms with Gasteiger partial charge in [-0.25, -0.2) is 4.89 Å². The second-order valence-corrected chi connectivity index (χ2v) is 3.61. The van der Waals surface area contributed by atoms with E-state index in [1.807, 2.05) is 6.92 Å². The molecule has 0 unspecified atom stereocenters. The molecule has 3 heteroatoms. The molecule has 0 aromatic rings. The molecule has 1 N–H and O–H groups in total. The Kier molecular flexibility index (Phi) is 5.13. The van der Waals surface area contributed by atoms with E-state index in [9.17, 15) is 0 Å². The van der Waals surface area contributed by atoms with Crippen LogP contribution in [0.4, 0.5) is 0 Å². The highest BCUT2D eigenvalue weighted by molar-refractivity contribution is 4.87. The first-order valence-electron chi connectivity index (χ1n) is 4.02. The summed E-state index contributed by atoms with van der Waals surface area (Å²) >= 11 is 0. The van der Waals surface area contributed by atoms with Crippen LogP contribution in [0.15, 0.2) is 12.2 Å². The van der Waals surface area contributed by atoms with E-state index in [2.05, 4.69) is 11.5 Å². The average Bonchev–Trinajstić information content (AvgIpc) is 1.98. The molecule has 0 heterocycles. The van der Waals surface area contributed by atoms with Crippen molar-refractivity contribution in [3.8, 4) is 0 Å². The van der Waals surface area contributed by atoms with Gasteiger partial charge in [-0.15, -0.1) is 0 Å². The first kappa shape index (κ1) is 11.6. The van der Waals surface area contributed by atoms with Crippen molar-refractivity contribution in [2.75, 3.05) is 13.2 Å². The Hall–Kier alpha value is -0.380. The van der Waals surface area contributed by atoms with E-state index in [4.69, 9.17) is 9.99 Å². The smallest absolute Gasteiger partial charge is 0.0999 e. The minimum absolute atomic E-state index is 0.519. The molecular weight excluding hydrogens is 156 g/mol. The van der Waals surface area contributed by atoms with Gasteiger partial charge in [0, 0.05) is 13.0 Å². The van der Waals surface area contributed by atoms with E-state index in [0.717, 1.165) is 5.57 Å². The van der Waals surface area contributed by atoms with Crippen LogP contribution in [0.3, 0.4) is 0 Å². The summed E-state index contributed by atoms with van der Waals surface area (Å²) in [6, 6.07) is 0. The predicted octanol–water partition coefficient (Wildman–Crippen LogP) is 2.24. The van der Waals surface area contributed by atoms with Crippen LogP contribution in [0, 0.1) is 0 Å². The number of hydrogen-bond donors (Lipinski definition) is 1. The number of rotatable bonds is 6. The highest BCUT2D eigenvalue weighted by atomic mass is 17.1. The van der Waals surface area contributed by atoms with Gasteiger partial charge < -0.3 is 4.74 Å². The number of ether oxygens (including phenoxy) is 1. The molecule has 3 nitrogen and oxygen atoms in total. The summed E-state index contributed by atoms with van der Waals surface area (Å²) in [4.78, 5) is 4.24. The van der Waals surface area contributed by atoms with Crippen LogP contribution in [0.2, 0.25) is 0 Å². The molecule has 0 fully saturated rings. The zero-order valence-electron chi connectivity index (χ0n) is 8.09. The quantitative estimate of drug-likeness (QED) is 0.290. The van der Waals surface area contributed by atoms with Gasteiger partial charge in [-0.3, -0.25) is 5.26 Å². The van der Waals surface area contributed by atoms with Gasteiger partial charge in [0.15, 0.2) is 0 Å². The molecule has 0 aliphatic carbocycles. The summed E-state index contributed by atoms with van der Waals surface area (Å²) in [6.07, 6.45) is 0.663. The van der Waals surface area contributed by atoms with Crippen molar-refractivity contribution < 1.29 is 14.9 Å². The van der Waals surface area contributed by atoms with Crippen LogP contribution >= 0.6 is 0 Å². The molecule has 0 aromatic carbocycles. The molecule has 0 atom stereocenters. The molecule has 72 valence electrons. The fourth-order valence-corrected chi connectivity index (χ4v) is 0.610. The molecule has 0 aromatic heterocycles. The molecular formula is C9H18O3. The second kappa shape index (κ2) is 5.30. The Morgan fingerprint density at radius 3 is 2.50 bits per heavy atom. The SMILES string of the molecule is C=C(C)COCCC(C)(C)OO. The van der Waals surface area contributed by atoms with Gasteiger partial charge in [0.1, 0.15) is 0 Å². The third-order valence-corrected chi connectivity index (χ3v) is 1.44. The van der Waals surface area contributed by atoms with E-state index in [1.165, 1.54) is 0 Å². The molecule has 0 spiro atoms. The highest BCUT2D eigenvalue weighted by Gasteiger charge is 2.17. The average molecular weight is 174 g/mol. The van der Waals surface area contributed by atoms with Crippen LogP contribution in [-0.2, 0) is 9.62 Å². The molecule has 0 saturated carbocycles. The molecule has 12 heavy (non-hydrogen) atoms. The third kappa shape index (κ3) is 6.34. The lowest BCUT2D eigenvalue weighted by Gasteiger charge is -2.19. The van der Waals surface area contributed by atoms with Crippen LogP contribution in [0.5, 0.6) is 0 Å². The molecule has 0 saturated heterocycles. The van der Waals surface area contributed by atoms with Gasteiger partial charge in [-0.05, 0) is 20.8 Å². The Morgan fingerprint density at radius 1 is 1.50 bits per heavy atom. The van der Waals surface area contributed by atoms with Crippen molar-refractivity contribution in [3.63, 3.8) is 0 Å². The third-order valence-electron chi connectivity index (χ3n) is 1.44. The monoisotopic (exact) mass is 174 g/mol. The Labute approximate surface area is 73.9 Å². The summed E-state index contributed by atoms with van der Waals surface area (Å²) in [7, 11) is 0. The van der Waals surface area contributed by atoms with Gasteiger partial charge in [0.05, 0.1) is 12.2 Å². The van der Waals surface area contributed by atoms with Gasteiger partial charge in [-0.1, -0.05) is 12.2 Å². The minimum atomic E-state index is -0.519. The van der Waals surface area contributed by atoms with Crippen molar-refractivity contribution in [1.82, 2.24) is 0 Å². The summed E-state index contributed by atoms with van der Waals surface area (Å²) in [5.41, 5.74) is 0.479. The van der Waals surface area contributed by atoms with E-state index >= 15 is 0 Å². The van der Waals surface area contributed by atoms with E-state index in [0.29, 0.717) is 19.6 Å².